The Morgan fingerprint density at radius 2 is 1.70 bits per heavy atom. The number of benzene rings is 2. The minimum atomic E-state index is -0.520. The highest BCUT2D eigenvalue weighted by Crippen LogP contribution is 2.27. The average molecular weight is 411 g/mol. The van der Waals surface area contributed by atoms with Crippen molar-refractivity contribution >= 4 is 10.8 Å². The highest BCUT2D eigenvalue weighted by molar-refractivity contribution is 5.88. The van der Waals surface area contributed by atoms with Crippen molar-refractivity contribution in [2.75, 3.05) is 52.5 Å². The molecule has 160 valence electrons. The van der Waals surface area contributed by atoms with Gasteiger partial charge in [0.1, 0.15) is 18.5 Å². The van der Waals surface area contributed by atoms with Crippen molar-refractivity contribution in [1.82, 2.24) is 9.80 Å². The minimum Gasteiger partial charge on any atom is -0.491 e. The Bertz CT molecular complexity index is 920. The molecule has 1 fully saturated rings. The van der Waals surface area contributed by atoms with Crippen LogP contribution in [0.4, 0.5) is 0 Å². The van der Waals surface area contributed by atoms with E-state index in [1.807, 2.05) is 24.3 Å². The number of fused-ring (bicyclic) bond motifs is 1. The zero-order valence-corrected chi connectivity index (χ0v) is 17.2. The first-order valence-corrected chi connectivity index (χ1v) is 10.6. The Kier molecular flexibility index (Phi) is 7.02. The van der Waals surface area contributed by atoms with E-state index in [-0.39, 0.29) is 13.2 Å². The molecular formula is C24H30N2O4. The van der Waals surface area contributed by atoms with Gasteiger partial charge in [-0.05, 0) is 47.0 Å². The Hall–Kier alpha value is -2.38. The van der Waals surface area contributed by atoms with Crippen LogP contribution in [0.25, 0.3) is 21.9 Å². The van der Waals surface area contributed by atoms with Crippen LogP contribution in [0, 0.1) is 0 Å². The fourth-order valence-corrected chi connectivity index (χ4v) is 3.95. The van der Waals surface area contributed by atoms with Crippen molar-refractivity contribution in [3.8, 4) is 16.9 Å². The maximum atomic E-state index is 10.4. The smallest absolute Gasteiger partial charge is 0.120 e. The molecule has 1 unspecified atom stereocenters. The molecule has 3 aromatic rings. The van der Waals surface area contributed by atoms with Crippen molar-refractivity contribution in [1.29, 1.82) is 0 Å². The summed E-state index contributed by atoms with van der Waals surface area (Å²) in [6.07, 6.45) is 3.73. The van der Waals surface area contributed by atoms with Crippen LogP contribution >= 0.6 is 0 Å². The van der Waals surface area contributed by atoms with E-state index in [4.69, 9.17) is 14.3 Å². The van der Waals surface area contributed by atoms with Crippen molar-refractivity contribution in [3.63, 3.8) is 0 Å². The molecule has 0 amide bonds. The van der Waals surface area contributed by atoms with Gasteiger partial charge < -0.3 is 24.3 Å². The van der Waals surface area contributed by atoms with E-state index >= 15 is 0 Å². The zero-order chi connectivity index (χ0) is 20.8. The standard InChI is InChI=1S/C24H30N2O4/c27-12-1-7-25-8-10-26(11-9-25)16-23(28)18-30-24-5-4-19-14-20(2-3-21(19)15-24)22-6-13-29-17-22/h2-6,13-15,17,23,27-28H,1,7-12,16,18H2. The number of hydrogen-bond acceptors (Lipinski definition) is 6. The molecule has 2 aromatic carbocycles. The topological polar surface area (TPSA) is 69.3 Å². The molecule has 1 aliphatic heterocycles. The average Bonchev–Trinajstić information content (AvgIpc) is 3.32. The number of aliphatic hydroxyl groups excluding tert-OH is 2. The van der Waals surface area contributed by atoms with E-state index in [9.17, 15) is 5.11 Å². The lowest BCUT2D eigenvalue weighted by molar-refractivity contribution is 0.0451. The quantitative estimate of drug-likeness (QED) is 0.565. The zero-order valence-electron chi connectivity index (χ0n) is 17.2. The van der Waals surface area contributed by atoms with Gasteiger partial charge in [-0.3, -0.25) is 4.90 Å². The predicted octanol–water partition coefficient (Wildman–Crippen LogP) is 2.84. The molecule has 0 spiro atoms. The van der Waals surface area contributed by atoms with Gasteiger partial charge in [-0.15, -0.1) is 0 Å². The molecule has 2 heterocycles. The van der Waals surface area contributed by atoms with Crippen LogP contribution in [0.1, 0.15) is 6.42 Å². The predicted molar refractivity (Wildman–Crippen MR) is 118 cm³/mol. The van der Waals surface area contributed by atoms with Gasteiger partial charge in [0.15, 0.2) is 0 Å². The molecule has 1 saturated heterocycles. The van der Waals surface area contributed by atoms with Gasteiger partial charge in [0.05, 0.1) is 12.5 Å². The Labute approximate surface area is 177 Å². The van der Waals surface area contributed by atoms with Crippen molar-refractivity contribution in [2.45, 2.75) is 12.5 Å². The number of piperazine rings is 1. The summed E-state index contributed by atoms with van der Waals surface area (Å²) >= 11 is 0. The molecule has 0 saturated carbocycles. The van der Waals surface area contributed by atoms with Crippen LogP contribution in [0.3, 0.4) is 0 Å². The second-order valence-corrected chi connectivity index (χ2v) is 7.92. The normalized spacial score (nSPS) is 16.7. The van der Waals surface area contributed by atoms with Gasteiger partial charge in [0.25, 0.3) is 0 Å². The van der Waals surface area contributed by atoms with E-state index in [2.05, 4.69) is 28.0 Å². The maximum absolute atomic E-state index is 10.4. The lowest BCUT2D eigenvalue weighted by Crippen LogP contribution is -2.49. The Balaban J connectivity index is 1.27. The van der Waals surface area contributed by atoms with E-state index in [0.29, 0.717) is 6.54 Å². The lowest BCUT2D eigenvalue weighted by Gasteiger charge is -2.35. The van der Waals surface area contributed by atoms with E-state index < -0.39 is 6.10 Å². The molecule has 1 aromatic heterocycles. The molecule has 0 aliphatic carbocycles. The van der Waals surface area contributed by atoms with Crippen molar-refractivity contribution in [2.24, 2.45) is 0 Å². The number of rotatable bonds is 9. The first-order valence-electron chi connectivity index (χ1n) is 10.6. The van der Waals surface area contributed by atoms with Gasteiger partial charge in [-0.1, -0.05) is 18.2 Å². The molecule has 30 heavy (non-hydrogen) atoms. The van der Waals surface area contributed by atoms with E-state index in [1.54, 1.807) is 12.5 Å². The van der Waals surface area contributed by atoms with Crippen LogP contribution in [-0.4, -0.2) is 78.6 Å². The Morgan fingerprint density at radius 3 is 2.47 bits per heavy atom. The number of hydrogen-bond donors (Lipinski definition) is 2. The second kappa shape index (κ2) is 10.1. The SMILES string of the molecule is OCCCN1CCN(CC(O)COc2ccc3cc(-c4ccoc4)ccc3c2)CC1. The number of nitrogens with zero attached hydrogens (tertiary/aromatic N) is 2. The summed E-state index contributed by atoms with van der Waals surface area (Å²) in [5.41, 5.74) is 2.19. The van der Waals surface area contributed by atoms with Crippen LogP contribution in [0.5, 0.6) is 5.75 Å². The van der Waals surface area contributed by atoms with Gasteiger partial charge in [0, 0.05) is 51.4 Å². The summed E-state index contributed by atoms with van der Waals surface area (Å²) in [7, 11) is 0. The van der Waals surface area contributed by atoms with Gasteiger partial charge in [-0.25, -0.2) is 0 Å². The second-order valence-electron chi connectivity index (χ2n) is 7.92. The largest absolute Gasteiger partial charge is 0.491 e. The molecule has 0 bridgehead atoms. The molecule has 4 rings (SSSR count). The maximum Gasteiger partial charge on any atom is 0.120 e. The lowest BCUT2D eigenvalue weighted by atomic mass is 10.0. The van der Waals surface area contributed by atoms with E-state index in [1.165, 1.54) is 0 Å². The first kappa shape index (κ1) is 20.9. The highest BCUT2D eigenvalue weighted by Gasteiger charge is 2.19. The van der Waals surface area contributed by atoms with Crippen LogP contribution in [-0.2, 0) is 0 Å². The van der Waals surface area contributed by atoms with Gasteiger partial charge >= 0.3 is 0 Å². The summed E-state index contributed by atoms with van der Waals surface area (Å²) in [6, 6.07) is 14.3. The first-order chi connectivity index (χ1) is 14.7. The molecule has 2 N–H and O–H groups in total. The van der Waals surface area contributed by atoms with Gasteiger partial charge in [0.2, 0.25) is 0 Å². The molecule has 1 aliphatic rings. The third-order valence-electron chi connectivity index (χ3n) is 5.67. The summed E-state index contributed by atoms with van der Waals surface area (Å²) in [5, 5.41) is 21.6. The third-order valence-corrected chi connectivity index (χ3v) is 5.67. The Morgan fingerprint density at radius 1 is 0.933 bits per heavy atom. The number of aliphatic hydroxyl groups is 2. The van der Waals surface area contributed by atoms with Crippen molar-refractivity contribution in [3.05, 3.63) is 55.0 Å². The number of β-amino-alcohol motifs (C(OH)–C–C–N with tert-alkyl or cyclic N) is 1. The summed E-state index contributed by atoms with van der Waals surface area (Å²) in [6.45, 7) is 5.95. The molecule has 6 nitrogen and oxygen atoms in total. The summed E-state index contributed by atoms with van der Waals surface area (Å²) in [4.78, 5) is 4.64. The van der Waals surface area contributed by atoms with Crippen LogP contribution in [0.2, 0.25) is 0 Å². The fraction of sp³-hybridized carbons (Fsp3) is 0.417. The molecule has 0 radical (unpaired) electrons. The highest BCUT2D eigenvalue weighted by atomic mass is 16.5. The number of ether oxygens (including phenoxy) is 1. The third kappa shape index (κ3) is 5.40. The van der Waals surface area contributed by atoms with Crippen molar-refractivity contribution < 1.29 is 19.4 Å². The monoisotopic (exact) mass is 410 g/mol. The number of furan rings is 1. The van der Waals surface area contributed by atoms with Crippen LogP contribution in [0.15, 0.2) is 59.4 Å². The van der Waals surface area contributed by atoms with Crippen LogP contribution < -0.4 is 4.74 Å². The summed E-state index contributed by atoms with van der Waals surface area (Å²) < 4.78 is 11.0. The summed E-state index contributed by atoms with van der Waals surface area (Å²) in [5.74, 6) is 0.770. The molecule has 6 heteroatoms. The van der Waals surface area contributed by atoms with Gasteiger partial charge in [-0.2, -0.15) is 0 Å². The van der Waals surface area contributed by atoms with E-state index in [0.717, 1.165) is 66.8 Å². The molecular weight excluding hydrogens is 380 g/mol. The minimum absolute atomic E-state index is 0.247. The fourth-order valence-electron chi connectivity index (χ4n) is 3.95. The molecule has 1 atom stereocenters.